The second-order valence-electron chi connectivity index (χ2n) is 1.92. The smallest absolute Gasteiger partial charge is 0.211 e. The van der Waals surface area contributed by atoms with Crippen LogP contribution in [0.15, 0.2) is 21.6 Å². The van der Waals surface area contributed by atoms with Gasteiger partial charge in [-0.25, -0.2) is 13.6 Å². The summed E-state index contributed by atoms with van der Waals surface area (Å²) in [4.78, 5) is 12.9. The minimum Gasteiger partial charge on any atom is -0.211 e. The molecule has 0 radical (unpaired) electrons. The van der Waals surface area contributed by atoms with Gasteiger partial charge in [-0.2, -0.15) is 4.99 Å². The topological polar surface area (TPSA) is 29.4 Å². The van der Waals surface area contributed by atoms with E-state index < -0.39 is 11.6 Å². The van der Waals surface area contributed by atoms with Gasteiger partial charge < -0.3 is 0 Å². The third-order valence-corrected chi connectivity index (χ3v) is 1.92. The van der Waals surface area contributed by atoms with E-state index in [0.717, 1.165) is 6.07 Å². The Morgan fingerprint density at radius 3 is 2.67 bits per heavy atom. The predicted octanol–water partition coefficient (Wildman–Crippen LogP) is 2.69. The van der Waals surface area contributed by atoms with E-state index in [4.69, 9.17) is 0 Å². The molecule has 1 rings (SSSR count). The van der Waals surface area contributed by atoms with Gasteiger partial charge in [-0.15, -0.1) is 0 Å². The fourth-order valence-electron chi connectivity index (χ4n) is 0.673. The Hall–Kier alpha value is -1.06. The Morgan fingerprint density at radius 1 is 1.42 bits per heavy atom. The molecule has 1 aromatic carbocycles. The number of halogens is 3. The summed E-state index contributed by atoms with van der Waals surface area (Å²) in [6.45, 7) is 0. The second-order valence-corrected chi connectivity index (χ2v) is 2.72. The first-order valence-electron chi connectivity index (χ1n) is 2.87. The lowest BCUT2D eigenvalue weighted by atomic mass is 10.3. The standard InChI is InChI=1S/C7H2BrF2NO/c8-7-5(10)1-4(9)2-6(7)11-3-12/h1-2H. The molecule has 0 spiro atoms. The van der Waals surface area contributed by atoms with Crippen molar-refractivity contribution in [3.8, 4) is 0 Å². The fraction of sp³-hybridized carbons (Fsp3) is 0. The highest BCUT2D eigenvalue weighted by molar-refractivity contribution is 9.10. The summed E-state index contributed by atoms with van der Waals surface area (Å²) >= 11 is 2.80. The SMILES string of the molecule is O=C=Nc1cc(F)cc(F)c1Br. The summed E-state index contributed by atoms with van der Waals surface area (Å²) in [5, 5.41) is 0. The van der Waals surface area contributed by atoms with Crippen molar-refractivity contribution in [3.05, 3.63) is 28.2 Å². The van der Waals surface area contributed by atoms with Gasteiger partial charge in [-0.1, -0.05) is 0 Å². The first-order valence-corrected chi connectivity index (χ1v) is 3.67. The highest BCUT2D eigenvalue weighted by Gasteiger charge is 2.07. The third-order valence-electron chi connectivity index (χ3n) is 1.14. The molecule has 0 heterocycles. The molecule has 0 saturated heterocycles. The number of hydrogen-bond acceptors (Lipinski definition) is 2. The Morgan fingerprint density at radius 2 is 2.08 bits per heavy atom. The zero-order valence-corrected chi connectivity index (χ0v) is 7.23. The van der Waals surface area contributed by atoms with E-state index in [2.05, 4.69) is 20.9 Å². The summed E-state index contributed by atoms with van der Waals surface area (Å²) in [5.74, 6) is -1.59. The van der Waals surface area contributed by atoms with Crippen molar-refractivity contribution < 1.29 is 13.6 Å². The predicted molar refractivity (Wildman–Crippen MR) is 41.8 cm³/mol. The van der Waals surface area contributed by atoms with Crippen LogP contribution in [0, 0.1) is 11.6 Å². The van der Waals surface area contributed by atoms with Crippen molar-refractivity contribution in [2.45, 2.75) is 0 Å². The molecule has 0 aliphatic heterocycles. The summed E-state index contributed by atoms with van der Waals surface area (Å²) in [6.07, 6.45) is 1.19. The molecule has 0 unspecified atom stereocenters. The van der Waals surface area contributed by atoms with E-state index >= 15 is 0 Å². The van der Waals surface area contributed by atoms with E-state index in [1.54, 1.807) is 0 Å². The highest BCUT2D eigenvalue weighted by atomic mass is 79.9. The van der Waals surface area contributed by atoms with Crippen LogP contribution in [0.5, 0.6) is 0 Å². The molecule has 0 saturated carbocycles. The number of benzene rings is 1. The monoisotopic (exact) mass is 233 g/mol. The molecule has 0 aliphatic rings. The van der Waals surface area contributed by atoms with Gasteiger partial charge in [0, 0.05) is 12.1 Å². The van der Waals surface area contributed by atoms with Crippen molar-refractivity contribution >= 4 is 27.7 Å². The average Bonchev–Trinajstić information content (AvgIpc) is 2.00. The van der Waals surface area contributed by atoms with Gasteiger partial charge in [-0.3, -0.25) is 0 Å². The van der Waals surface area contributed by atoms with Gasteiger partial charge in [0.15, 0.2) is 0 Å². The molecular formula is C7H2BrF2NO. The normalized spacial score (nSPS) is 9.25. The number of isocyanates is 1. The lowest BCUT2D eigenvalue weighted by molar-refractivity contribution is 0.564. The molecule has 0 bridgehead atoms. The number of rotatable bonds is 1. The van der Waals surface area contributed by atoms with Crippen LogP contribution >= 0.6 is 15.9 Å². The lowest BCUT2D eigenvalue weighted by Gasteiger charge is -1.97. The molecule has 0 aromatic heterocycles. The Labute approximate surface area is 75.1 Å². The zero-order valence-electron chi connectivity index (χ0n) is 5.64. The van der Waals surface area contributed by atoms with Gasteiger partial charge in [-0.05, 0) is 15.9 Å². The van der Waals surface area contributed by atoms with Crippen molar-refractivity contribution in [3.63, 3.8) is 0 Å². The van der Waals surface area contributed by atoms with Gasteiger partial charge in [0.2, 0.25) is 6.08 Å². The molecule has 0 atom stereocenters. The van der Waals surface area contributed by atoms with Crippen LogP contribution in [0.25, 0.3) is 0 Å². The lowest BCUT2D eigenvalue weighted by Crippen LogP contribution is -1.81. The maximum absolute atomic E-state index is 12.7. The molecule has 1 aromatic rings. The second kappa shape index (κ2) is 3.56. The average molecular weight is 234 g/mol. The van der Waals surface area contributed by atoms with E-state index in [-0.39, 0.29) is 10.2 Å². The minimum atomic E-state index is -0.802. The van der Waals surface area contributed by atoms with Crippen molar-refractivity contribution in [2.24, 2.45) is 4.99 Å². The maximum Gasteiger partial charge on any atom is 0.240 e. The van der Waals surface area contributed by atoms with Gasteiger partial charge in [0.05, 0.1) is 10.2 Å². The van der Waals surface area contributed by atoms with Crippen LogP contribution in [-0.4, -0.2) is 6.08 Å². The van der Waals surface area contributed by atoms with Gasteiger partial charge in [0.25, 0.3) is 0 Å². The number of aliphatic imine (C=N–C) groups is 1. The van der Waals surface area contributed by atoms with Crippen LogP contribution < -0.4 is 0 Å². The molecule has 2 nitrogen and oxygen atoms in total. The van der Waals surface area contributed by atoms with Crippen LogP contribution in [0.2, 0.25) is 0 Å². The summed E-state index contributed by atoms with van der Waals surface area (Å²) in [7, 11) is 0. The van der Waals surface area contributed by atoms with E-state index in [1.165, 1.54) is 6.08 Å². The number of nitrogens with zero attached hydrogens (tertiary/aromatic N) is 1. The first kappa shape index (κ1) is 9.03. The fourth-order valence-corrected chi connectivity index (χ4v) is 0.991. The number of hydrogen-bond donors (Lipinski definition) is 0. The summed E-state index contributed by atoms with van der Waals surface area (Å²) in [5.41, 5.74) is -0.109. The molecule has 0 amide bonds. The quantitative estimate of drug-likeness (QED) is 0.417. The molecular weight excluding hydrogens is 232 g/mol. The Kier molecular flexibility index (Phi) is 2.68. The van der Waals surface area contributed by atoms with Crippen molar-refractivity contribution in [1.82, 2.24) is 0 Å². The number of carbonyl (C=O) groups excluding carboxylic acids is 1. The van der Waals surface area contributed by atoms with Crippen LogP contribution in [0.3, 0.4) is 0 Å². The van der Waals surface area contributed by atoms with Gasteiger partial charge in [0.1, 0.15) is 11.6 Å². The Bertz CT molecular complexity index is 361. The molecule has 5 heteroatoms. The van der Waals surface area contributed by atoms with Gasteiger partial charge >= 0.3 is 0 Å². The zero-order chi connectivity index (χ0) is 9.14. The molecule has 0 aliphatic carbocycles. The maximum atomic E-state index is 12.7. The van der Waals surface area contributed by atoms with E-state index in [9.17, 15) is 13.6 Å². The Balaban J connectivity index is 3.36. The molecule has 0 N–H and O–H groups in total. The largest absolute Gasteiger partial charge is 0.240 e. The summed E-state index contributed by atoms with van der Waals surface area (Å²) in [6, 6.07) is 1.62. The molecule has 62 valence electrons. The summed E-state index contributed by atoms with van der Waals surface area (Å²) < 4.78 is 25.1. The molecule has 0 fully saturated rings. The van der Waals surface area contributed by atoms with E-state index in [1.807, 2.05) is 0 Å². The van der Waals surface area contributed by atoms with E-state index in [0.29, 0.717) is 6.07 Å². The van der Waals surface area contributed by atoms with Crippen LogP contribution in [0.4, 0.5) is 14.5 Å². The first-order chi connectivity index (χ1) is 5.65. The molecule has 12 heavy (non-hydrogen) atoms. The van der Waals surface area contributed by atoms with Crippen molar-refractivity contribution in [2.75, 3.05) is 0 Å². The third kappa shape index (κ3) is 1.75. The van der Waals surface area contributed by atoms with Crippen LogP contribution in [0.1, 0.15) is 0 Å². The highest BCUT2D eigenvalue weighted by Crippen LogP contribution is 2.28. The van der Waals surface area contributed by atoms with Crippen molar-refractivity contribution in [1.29, 1.82) is 0 Å². The van der Waals surface area contributed by atoms with Crippen LogP contribution in [-0.2, 0) is 4.79 Å². The minimum absolute atomic E-state index is 0.0488.